The first-order valence-electron chi connectivity index (χ1n) is 14.3. The first-order valence-corrected chi connectivity index (χ1v) is 14.7. The molecule has 0 spiro atoms. The Balaban J connectivity index is 1.56. The van der Waals surface area contributed by atoms with Crippen molar-refractivity contribution in [3.63, 3.8) is 0 Å². The minimum absolute atomic E-state index is 0.149. The maximum Gasteiger partial charge on any atom is 0.308 e. The van der Waals surface area contributed by atoms with Crippen LogP contribution in [0.3, 0.4) is 0 Å². The van der Waals surface area contributed by atoms with Gasteiger partial charge in [-0.15, -0.1) is 0 Å². The molecule has 0 aromatic heterocycles. The lowest BCUT2D eigenvalue weighted by Gasteiger charge is -2.26. The molecule has 4 aromatic rings. The molecule has 2 atom stereocenters. The van der Waals surface area contributed by atoms with E-state index in [4.69, 9.17) is 35.3 Å². The molecule has 44 heavy (non-hydrogen) atoms. The van der Waals surface area contributed by atoms with Crippen molar-refractivity contribution >= 4 is 29.2 Å². The van der Waals surface area contributed by atoms with Crippen molar-refractivity contribution in [1.29, 1.82) is 0 Å². The summed E-state index contributed by atoms with van der Waals surface area (Å²) in [6.07, 6.45) is -2.14. The number of carbonyl (C=O) groups excluding carboxylic acids is 2. The van der Waals surface area contributed by atoms with Crippen LogP contribution in [-0.4, -0.2) is 38.8 Å². The van der Waals surface area contributed by atoms with E-state index in [2.05, 4.69) is 0 Å². The normalized spacial score (nSPS) is 16.1. The summed E-state index contributed by atoms with van der Waals surface area (Å²) in [7, 11) is 3.14. The van der Waals surface area contributed by atoms with Gasteiger partial charge in [-0.2, -0.15) is 0 Å². The van der Waals surface area contributed by atoms with E-state index in [9.17, 15) is 9.59 Å². The average Bonchev–Trinajstić information content (AvgIpc) is 3.15. The lowest BCUT2D eigenvalue weighted by atomic mass is 9.98. The van der Waals surface area contributed by atoms with Crippen LogP contribution in [0.5, 0.6) is 17.2 Å². The van der Waals surface area contributed by atoms with Crippen LogP contribution in [0.15, 0.2) is 91.0 Å². The fourth-order valence-corrected chi connectivity index (χ4v) is 5.34. The van der Waals surface area contributed by atoms with E-state index in [1.807, 2.05) is 60.7 Å². The number of carbonyl (C=O) groups is 2. The Morgan fingerprint density at radius 2 is 1.73 bits per heavy atom. The molecular weight excluding hydrogens is 582 g/mol. The maximum atomic E-state index is 14.2. The number of hydrogen-bond donors (Lipinski definition) is 0. The molecule has 1 aliphatic rings. The van der Waals surface area contributed by atoms with Gasteiger partial charge in [0.25, 0.3) is 5.91 Å². The van der Waals surface area contributed by atoms with E-state index in [0.29, 0.717) is 40.1 Å². The van der Waals surface area contributed by atoms with Crippen molar-refractivity contribution in [1.82, 2.24) is 0 Å². The van der Waals surface area contributed by atoms with Crippen LogP contribution >= 0.6 is 11.6 Å². The quantitative estimate of drug-likeness (QED) is 0.170. The van der Waals surface area contributed by atoms with Gasteiger partial charge in [0, 0.05) is 22.2 Å². The number of halogens is 1. The van der Waals surface area contributed by atoms with Gasteiger partial charge in [-0.3, -0.25) is 9.59 Å². The summed E-state index contributed by atoms with van der Waals surface area (Å²) in [6, 6.07) is 28.1. The molecule has 0 bridgehead atoms. The van der Waals surface area contributed by atoms with E-state index >= 15 is 0 Å². The van der Waals surface area contributed by atoms with Crippen LogP contribution in [0.4, 0.5) is 5.69 Å². The molecule has 9 heteroatoms. The molecule has 1 heterocycles. The topological polar surface area (TPSA) is 83.5 Å². The summed E-state index contributed by atoms with van der Waals surface area (Å²) in [5.41, 5.74) is 3.79. The average molecular weight is 616 g/mol. The number of fused-ring (bicyclic) bond motifs is 1. The maximum absolute atomic E-state index is 14.2. The highest BCUT2D eigenvalue weighted by Crippen LogP contribution is 2.42. The summed E-state index contributed by atoms with van der Waals surface area (Å²) in [5.74, 6) is 0.891. The molecule has 1 amide bonds. The van der Waals surface area contributed by atoms with E-state index < -0.39 is 24.1 Å². The van der Waals surface area contributed by atoms with Crippen LogP contribution in [0.1, 0.15) is 41.7 Å². The van der Waals surface area contributed by atoms with Crippen LogP contribution < -0.4 is 19.1 Å². The first kappa shape index (κ1) is 30.9. The third kappa shape index (κ3) is 7.15. The van der Waals surface area contributed by atoms with Gasteiger partial charge in [-0.05, 0) is 60.5 Å². The van der Waals surface area contributed by atoms with Crippen molar-refractivity contribution < 1.29 is 33.3 Å². The highest BCUT2D eigenvalue weighted by atomic mass is 35.5. The second kappa shape index (κ2) is 14.3. The number of methoxy groups -OCH3 is 2. The van der Waals surface area contributed by atoms with Crippen molar-refractivity contribution in [2.45, 2.75) is 38.7 Å². The molecule has 0 radical (unpaired) electrons. The Morgan fingerprint density at radius 1 is 0.909 bits per heavy atom. The molecule has 0 N–H and O–H groups in total. The van der Waals surface area contributed by atoms with Gasteiger partial charge in [-0.1, -0.05) is 54.1 Å². The summed E-state index contributed by atoms with van der Waals surface area (Å²) >= 11 is 6.53. The third-order valence-corrected chi connectivity index (χ3v) is 7.53. The van der Waals surface area contributed by atoms with Gasteiger partial charge in [0.2, 0.25) is 0 Å². The number of hydrogen-bond acceptors (Lipinski definition) is 7. The van der Waals surface area contributed by atoms with Crippen molar-refractivity contribution in [3.8, 4) is 17.2 Å². The van der Waals surface area contributed by atoms with E-state index in [-0.39, 0.29) is 19.6 Å². The summed E-state index contributed by atoms with van der Waals surface area (Å²) in [5, 5.41) is 0.479. The summed E-state index contributed by atoms with van der Waals surface area (Å²) in [4.78, 5) is 28.5. The van der Waals surface area contributed by atoms with Gasteiger partial charge in [0.15, 0.2) is 0 Å². The number of amides is 1. The Hall–Kier alpha value is -4.53. The molecule has 0 fully saturated rings. The molecule has 0 saturated carbocycles. The Kier molecular flexibility index (Phi) is 10.0. The third-order valence-electron chi connectivity index (χ3n) is 7.29. The SMILES string of the molecule is CCOC(=O)CC1OC(c2cccc(OCc3ccccc3)c2)c2cc(Cl)ccc2N(Cc2ccc(OC)cc2OC)C1=O. The van der Waals surface area contributed by atoms with Crippen molar-refractivity contribution in [2.24, 2.45) is 0 Å². The van der Waals surface area contributed by atoms with E-state index in [0.717, 1.165) is 16.7 Å². The van der Waals surface area contributed by atoms with Crippen LogP contribution in [0.2, 0.25) is 5.02 Å². The fourth-order valence-electron chi connectivity index (χ4n) is 5.16. The monoisotopic (exact) mass is 615 g/mol. The molecule has 4 aromatic carbocycles. The van der Waals surface area contributed by atoms with Gasteiger partial charge in [0.1, 0.15) is 36.1 Å². The second-order valence-corrected chi connectivity index (χ2v) is 10.6. The molecule has 1 aliphatic heterocycles. The Bertz CT molecular complexity index is 1610. The number of anilines is 1. The van der Waals surface area contributed by atoms with Crippen LogP contribution in [0.25, 0.3) is 0 Å². The van der Waals surface area contributed by atoms with E-state index in [1.54, 1.807) is 56.4 Å². The number of benzene rings is 4. The molecule has 0 saturated heterocycles. The van der Waals surface area contributed by atoms with Crippen molar-refractivity contribution in [2.75, 3.05) is 25.7 Å². The molecule has 228 valence electrons. The lowest BCUT2D eigenvalue weighted by Crippen LogP contribution is -2.40. The van der Waals surface area contributed by atoms with Crippen LogP contribution in [0, 0.1) is 0 Å². The largest absolute Gasteiger partial charge is 0.497 e. The van der Waals surface area contributed by atoms with Gasteiger partial charge >= 0.3 is 5.97 Å². The van der Waals surface area contributed by atoms with Crippen molar-refractivity contribution in [3.05, 3.63) is 118 Å². The predicted octanol–water partition coefficient (Wildman–Crippen LogP) is 6.91. The van der Waals surface area contributed by atoms with E-state index in [1.165, 1.54) is 0 Å². The Morgan fingerprint density at radius 3 is 2.48 bits per heavy atom. The predicted molar refractivity (Wildman–Crippen MR) is 167 cm³/mol. The standard InChI is InChI=1S/C35H34ClNO7/c1-4-42-33(38)20-32-35(39)37(21-25-13-15-27(40-2)19-31(25)41-3)30-16-14-26(36)18-29(30)34(44-32)24-11-8-12-28(17-24)43-22-23-9-6-5-7-10-23/h5-19,32,34H,4,20-22H2,1-3H3. The molecule has 8 nitrogen and oxygen atoms in total. The zero-order valence-electron chi connectivity index (χ0n) is 24.8. The molecule has 5 rings (SSSR count). The van der Waals surface area contributed by atoms with Crippen LogP contribution in [-0.2, 0) is 32.2 Å². The smallest absolute Gasteiger partial charge is 0.308 e. The van der Waals surface area contributed by atoms with Gasteiger partial charge in [-0.25, -0.2) is 0 Å². The minimum atomic E-state index is -1.14. The number of rotatable bonds is 11. The zero-order valence-corrected chi connectivity index (χ0v) is 25.6. The fraction of sp³-hybridized carbons (Fsp3) is 0.257. The Labute approximate surface area is 262 Å². The zero-order chi connectivity index (χ0) is 31.1. The highest BCUT2D eigenvalue weighted by Gasteiger charge is 2.38. The molecule has 0 aliphatic carbocycles. The minimum Gasteiger partial charge on any atom is -0.497 e. The molecule has 2 unspecified atom stereocenters. The van der Waals surface area contributed by atoms with Gasteiger partial charge < -0.3 is 28.6 Å². The number of esters is 1. The molecular formula is C35H34ClNO7. The van der Waals surface area contributed by atoms with Gasteiger partial charge in [0.05, 0.1) is 39.5 Å². The number of ether oxygens (including phenoxy) is 5. The second-order valence-electron chi connectivity index (χ2n) is 10.2. The lowest BCUT2D eigenvalue weighted by molar-refractivity contribution is -0.151. The first-order chi connectivity index (χ1) is 21.4. The highest BCUT2D eigenvalue weighted by molar-refractivity contribution is 6.30. The summed E-state index contributed by atoms with van der Waals surface area (Å²) < 4.78 is 28.8. The number of nitrogens with zero attached hydrogens (tertiary/aromatic N) is 1. The summed E-state index contributed by atoms with van der Waals surface area (Å²) in [6.45, 7) is 2.44.